The molecule has 0 aliphatic rings. The van der Waals surface area contributed by atoms with Gasteiger partial charge in [0.1, 0.15) is 11.9 Å². The largest absolute Gasteiger partial charge is 0.481 e. The Bertz CT molecular complexity index is 622. The molecular weight excluding hydrogens is 245 g/mol. The highest BCUT2D eigenvalue weighted by Crippen LogP contribution is 2.19. The maximum atomic E-state index is 13.0. The number of ether oxygens (including phenoxy) is 1. The first-order valence-electron chi connectivity index (χ1n) is 5.66. The van der Waals surface area contributed by atoms with Crippen LogP contribution in [-0.2, 0) is 6.54 Å². The molecule has 0 radical (unpaired) electrons. The van der Waals surface area contributed by atoms with E-state index in [1.165, 1.54) is 18.2 Å². The molecule has 0 bridgehead atoms. The van der Waals surface area contributed by atoms with Crippen LogP contribution in [0.5, 0.6) is 5.88 Å². The fraction of sp³-hybridized carbons (Fsp3) is 0.143. The lowest BCUT2D eigenvalue weighted by Gasteiger charge is -2.10. The monoisotopic (exact) mass is 257 g/mol. The first-order chi connectivity index (χ1) is 9.24. The zero-order valence-corrected chi connectivity index (χ0v) is 10.4. The summed E-state index contributed by atoms with van der Waals surface area (Å²) in [6.45, 7) is 0.442. The van der Waals surface area contributed by atoms with Crippen molar-refractivity contribution in [3.8, 4) is 11.9 Å². The summed E-state index contributed by atoms with van der Waals surface area (Å²) in [7, 11) is 1.55. The Labute approximate surface area is 110 Å². The van der Waals surface area contributed by atoms with Gasteiger partial charge in [-0.15, -0.1) is 0 Å². The number of halogens is 1. The van der Waals surface area contributed by atoms with Crippen LogP contribution in [0, 0.1) is 17.1 Å². The summed E-state index contributed by atoms with van der Waals surface area (Å²) in [6, 6.07) is 9.67. The molecule has 0 atom stereocenters. The Balaban J connectivity index is 2.17. The van der Waals surface area contributed by atoms with Gasteiger partial charge in [-0.05, 0) is 24.3 Å². The molecule has 0 aliphatic carbocycles. The molecule has 1 aromatic heterocycles. The van der Waals surface area contributed by atoms with Crippen molar-refractivity contribution in [2.24, 2.45) is 0 Å². The van der Waals surface area contributed by atoms with Crippen LogP contribution in [0.1, 0.15) is 11.1 Å². The minimum absolute atomic E-state index is 0.267. The Kier molecular flexibility index (Phi) is 3.94. The topological polar surface area (TPSA) is 57.9 Å². The van der Waals surface area contributed by atoms with Gasteiger partial charge in [0.2, 0.25) is 5.88 Å². The molecule has 0 aliphatic heterocycles. The van der Waals surface area contributed by atoms with Gasteiger partial charge in [0.05, 0.1) is 18.4 Å². The molecule has 2 rings (SSSR count). The van der Waals surface area contributed by atoms with Crippen molar-refractivity contribution < 1.29 is 9.13 Å². The molecule has 1 aromatic carbocycles. The number of hydrogen-bond acceptors (Lipinski definition) is 4. The Morgan fingerprint density at radius 2 is 2.26 bits per heavy atom. The Morgan fingerprint density at radius 3 is 3.00 bits per heavy atom. The van der Waals surface area contributed by atoms with Crippen LogP contribution in [0.15, 0.2) is 36.5 Å². The third-order valence-electron chi connectivity index (χ3n) is 2.61. The van der Waals surface area contributed by atoms with Gasteiger partial charge in [-0.2, -0.15) is 5.26 Å². The summed E-state index contributed by atoms with van der Waals surface area (Å²) >= 11 is 0. The predicted molar refractivity (Wildman–Crippen MR) is 69.2 cm³/mol. The summed E-state index contributed by atoms with van der Waals surface area (Å²) < 4.78 is 18.1. The molecule has 5 heteroatoms. The van der Waals surface area contributed by atoms with Gasteiger partial charge in [0.15, 0.2) is 0 Å². The molecular formula is C14H12FN3O. The number of benzene rings is 1. The molecule has 0 saturated carbocycles. The van der Waals surface area contributed by atoms with Gasteiger partial charge >= 0.3 is 0 Å². The van der Waals surface area contributed by atoms with Gasteiger partial charge in [0, 0.05) is 18.3 Å². The molecule has 4 nitrogen and oxygen atoms in total. The molecule has 0 saturated heterocycles. The van der Waals surface area contributed by atoms with Gasteiger partial charge in [-0.25, -0.2) is 9.37 Å². The van der Waals surface area contributed by atoms with E-state index >= 15 is 0 Å². The van der Waals surface area contributed by atoms with Crippen LogP contribution < -0.4 is 10.1 Å². The van der Waals surface area contributed by atoms with E-state index in [2.05, 4.69) is 10.3 Å². The second-order valence-corrected chi connectivity index (χ2v) is 3.83. The van der Waals surface area contributed by atoms with Gasteiger partial charge in [-0.1, -0.05) is 6.07 Å². The van der Waals surface area contributed by atoms with E-state index in [-0.39, 0.29) is 5.56 Å². The van der Waals surface area contributed by atoms with E-state index < -0.39 is 5.82 Å². The Morgan fingerprint density at radius 1 is 1.42 bits per heavy atom. The molecule has 1 heterocycles. The summed E-state index contributed by atoms with van der Waals surface area (Å²) in [4.78, 5) is 4.08. The van der Waals surface area contributed by atoms with Crippen molar-refractivity contribution in [2.45, 2.75) is 6.54 Å². The number of rotatable bonds is 4. The highest BCUT2D eigenvalue weighted by atomic mass is 19.1. The molecule has 96 valence electrons. The maximum absolute atomic E-state index is 13.0. The van der Waals surface area contributed by atoms with Crippen molar-refractivity contribution in [1.82, 2.24) is 4.98 Å². The number of nitrogens with zero attached hydrogens (tertiary/aromatic N) is 2. The molecule has 19 heavy (non-hydrogen) atoms. The number of methoxy groups -OCH3 is 1. The van der Waals surface area contributed by atoms with Gasteiger partial charge < -0.3 is 10.1 Å². The minimum Gasteiger partial charge on any atom is -0.481 e. The average molecular weight is 257 g/mol. The third kappa shape index (κ3) is 2.99. The van der Waals surface area contributed by atoms with Crippen LogP contribution >= 0.6 is 0 Å². The molecule has 0 spiro atoms. The number of anilines is 1. The highest BCUT2D eigenvalue weighted by Gasteiger charge is 2.06. The first kappa shape index (κ1) is 12.8. The predicted octanol–water partition coefficient (Wildman–Crippen LogP) is 2.71. The maximum Gasteiger partial charge on any atom is 0.218 e. The van der Waals surface area contributed by atoms with Crippen LogP contribution in [-0.4, -0.2) is 12.1 Å². The van der Waals surface area contributed by atoms with Crippen molar-refractivity contribution in [1.29, 1.82) is 5.26 Å². The number of nitrogens with one attached hydrogen (secondary N) is 1. The quantitative estimate of drug-likeness (QED) is 0.914. The second-order valence-electron chi connectivity index (χ2n) is 3.83. The average Bonchev–Trinajstić information content (AvgIpc) is 2.46. The van der Waals surface area contributed by atoms with Crippen LogP contribution in [0.2, 0.25) is 0 Å². The van der Waals surface area contributed by atoms with E-state index in [0.29, 0.717) is 18.1 Å². The minimum atomic E-state index is -0.430. The zero-order chi connectivity index (χ0) is 13.7. The summed E-state index contributed by atoms with van der Waals surface area (Å²) in [5.74, 6) is 0.0941. The molecule has 0 amide bonds. The Hall–Kier alpha value is -2.61. The fourth-order valence-corrected chi connectivity index (χ4v) is 1.70. The highest BCUT2D eigenvalue weighted by molar-refractivity contribution is 5.57. The molecule has 1 N–H and O–H groups in total. The number of nitriles is 1. The standard InChI is InChI=1S/C14H12FN3O/c1-19-14-10(3-2-6-17-14)9-18-13-5-4-12(15)7-11(13)8-16/h2-7,18H,9H2,1H3. The van der Waals surface area contributed by atoms with Crippen molar-refractivity contribution in [3.05, 3.63) is 53.5 Å². The van der Waals surface area contributed by atoms with Crippen LogP contribution in [0.3, 0.4) is 0 Å². The molecule has 2 aromatic rings. The van der Waals surface area contributed by atoms with E-state index in [0.717, 1.165) is 5.56 Å². The fourth-order valence-electron chi connectivity index (χ4n) is 1.70. The number of pyridine rings is 1. The van der Waals surface area contributed by atoms with Crippen LogP contribution in [0.4, 0.5) is 10.1 Å². The molecule has 0 fully saturated rings. The summed E-state index contributed by atoms with van der Waals surface area (Å²) in [5.41, 5.74) is 1.70. The zero-order valence-electron chi connectivity index (χ0n) is 10.4. The lowest BCUT2D eigenvalue weighted by atomic mass is 10.2. The smallest absolute Gasteiger partial charge is 0.218 e. The van der Waals surface area contributed by atoms with E-state index in [1.807, 2.05) is 12.1 Å². The third-order valence-corrected chi connectivity index (χ3v) is 2.61. The SMILES string of the molecule is COc1ncccc1CNc1ccc(F)cc1C#N. The van der Waals surface area contributed by atoms with Crippen molar-refractivity contribution >= 4 is 5.69 Å². The normalized spacial score (nSPS) is 9.74. The van der Waals surface area contributed by atoms with Gasteiger partial charge in [0.25, 0.3) is 0 Å². The first-order valence-corrected chi connectivity index (χ1v) is 5.66. The second kappa shape index (κ2) is 5.83. The lowest BCUT2D eigenvalue weighted by Crippen LogP contribution is -2.04. The van der Waals surface area contributed by atoms with Gasteiger partial charge in [-0.3, -0.25) is 0 Å². The number of hydrogen-bond donors (Lipinski definition) is 1. The molecule has 0 unspecified atom stereocenters. The number of aromatic nitrogens is 1. The summed E-state index contributed by atoms with van der Waals surface area (Å²) in [5, 5.41) is 12.0. The van der Waals surface area contributed by atoms with E-state index in [1.54, 1.807) is 19.4 Å². The van der Waals surface area contributed by atoms with Crippen LogP contribution in [0.25, 0.3) is 0 Å². The van der Waals surface area contributed by atoms with Crippen molar-refractivity contribution in [2.75, 3.05) is 12.4 Å². The lowest BCUT2D eigenvalue weighted by molar-refractivity contribution is 0.393. The van der Waals surface area contributed by atoms with E-state index in [4.69, 9.17) is 10.00 Å². The van der Waals surface area contributed by atoms with Crippen molar-refractivity contribution in [3.63, 3.8) is 0 Å². The summed E-state index contributed by atoms with van der Waals surface area (Å²) in [6.07, 6.45) is 1.64. The van der Waals surface area contributed by atoms with E-state index in [9.17, 15) is 4.39 Å².